The van der Waals surface area contributed by atoms with Crippen molar-refractivity contribution >= 4 is 16.6 Å². The fourth-order valence-corrected chi connectivity index (χ4v) is 3.64. The first-order chi connectivity index (χ1) is 13.0. The molecule has 0 saturated heterocycles. The molecule has 1 fully saturated rings. The predicted octanol–water partition coefficient (Wildman–Crippen LogP) is 4.48. The number of alkyl halides is 6. The second-order valence-corrected chi connectivity index (χ2v) is 7.26. The molecule has 2 heterocycles. The van der Waals surface area contributed by atoms with E-state index in [9.17, 15) is 31.1 Å². The van der Waals surface area contributed by atoms with Crippen LogP contribution in [0.2, 0.25) is 0 Å². The second kappa shape index (κ2) is 6.31. The van der Waals surface area contributed by atoms with Gasteiger partial charge in [0, 0.05) is 12.6 Å². The first-order valence-electron chi connectivity index (χ1n) is 8.76. The van der Waals surface area contributed by atoms with Crippen molar-refractivity contribution in [3.63, 3.8) is 0 Å². The number of nitrogens with one attached hydrogen (secondary N) is 1. The van der Waals surface area contributed by atoms with Gasteiger partial charge < -0.3 is 14.6 Å². The molecule has 10 heteroatoms. The first kappa shape index (κ1) is 18.9. The maximum Gasteiger partial charge on any atom is 0.417 e. The van der Waals surface area contributed by atoms with Crippen LogP contribution in [0.15, 0.2) is 23.0 Å². The van der Waals surface area contributed by atoms with Gasteiger partial charge in [0.1, 0.15) is 6.61 Å². The molecule has 1 aromatic carbocycles. The number of aromatic nitrogens is 1. The Morgan fingerprint density at radius 1 is 1.14 bits per heavy atom. The maximum atomic E-state index is 13.5. The van der Waals surface area contributed by atoms with Gasteiger partial charge in [-0.1, -0.05) is 0 Å². The van der Waals surface area contributed by atoms with Crippen LogP contribution in [-0.2, 0) is 6.18 Å². The zero-order chi connectivity index (χ0) is 20.3. The molecule has 4 rings (SSSR count). The van der Waals surface area contributed by atoms with Crippen LogP contribution in [0.1, 0.15) is 24.8 Å². The number of aromatic amines is 1. The van der Waals surface area contributed by atoms with Crippen molar-refractivity contribution < 1.29 is 31.1 Å². The molecule has 1 aliphatic heterocycles. The minimum atomic E-state index is -4.81. The smallest absolute Gasteiger partial charge is 0.417 e. The fourth-order valence-electron chi connectivity index (χ4n) is 3.64. The molecule has 4 nitrogen and oxygen atoms in total. The van der Waals surface area contributed by atoms with Gasteiger partial charge in [-0.15, -0.1) is 0 Å². The number of fused-ring (bicyclic) bond motifs is 3. The van der Waals surface area contributed by atoms with Gasteiger partial charge in [0.15, 0.2) is 5.75 Å². The van der Waals surface area contributed by atoms with E-state index in [0.29, 0.717) is 12.6 Å². The minimum Gasteiger partial charge on any atom is -0.489 e. The van der Waals surface area contributed by atoms with Gasteiger partial charge in [-0.25, -0.2) is 0 Å². The third-order valence-electron chi connectivity index (χ3n) is 5.03. The van der Waals surface area contributed by atoms with Crippen LogP contribution in [0.5, 0.6) is 5.75 Å². The van der Waals surface area contributed by atoms with E-state index < -0.39 is 35.9 Å². The van der Waals surface area contributed by atoms with Gasteiger partial charge in [0.25, 0.3) is 0 Å². The van der Waals surface area contributed by atoms with E-state index in [1.807, 2.05) is 0 Å². The molecule has 1 aliphatic carbocycles. The quantitative estimate of drug-likeness (QED) is 0.765. The summed E-state index contributed by atoms with van der Waals surface area (Å²) in [4.78, 5) is 15.5. The molecule has 1 unspecified atom stereocenters. The van der Waals surface area contributed by atoms with Crippen molar-refractivity contribution in [3.05, 3.63) is 34.1 Å². The van der Waals surface area contributed by atoms with Crippen molar-refractivity contribution in [2.24, 2.45) is 5.92 Å². The number of pyridine rings is 1. The molecule has 0 spiro atoms. The number of rotatable bonds is 3. The Morgan fingerprint density at radius 2 is 1.86 bits per heavy atom. The average Bonchev–Trinajstić information content (AvgIpc) is 3.37. The molecule has 2 aliphatic rings. The third-order valence-corrected chi connectivity index (χ3v) is 5.03. The zero-order valence-corrected chi connectivity index (χ0v) is 14.5. The van der Waals surface area contributed by atoms with Gasteiger partial charge in [-0.3, -0.25) is 4.79 Å². The Kier molecular flexibility index (Phi) is 4.27. The highest BCUT2D eigenvalue weighted by atomic mass is 19.4. The van der Waals surface area contributed by atoms with E-state index in [4.69, 9.17) is 4.74 Å². The summed E-state index contributed by atoms with van der Waals surface area (Å²) >= 11 is 0. The van der Waals surface area contributed by atoms with Crippen LogP contribution in [0, 0.1) is 5.92 Å². The number of nitrogens with zero attached hydrogens (tertiary/aromatic N) is 1. The van der Waals surface area contributed by atoms with Crippen LogP contribution in [0.25, 0.3) is 10.9 Å². The monoisotopic (exact) mass is 406 g/mol. The Labute approximate surface area is 155 Å². The molecule has 152 valence electrons. The van der Waals surface area contributed by atoms with Gasteiger partial charge in [-0.05, 0) is 30.9 Å². The lowest BCUT2D eigenvalue weighted by atomic mass is 10.0. The Balaban J connectivity index is 1.87. The van der Waals surface area contributed by atoms with Crippen LogP contribution < -0.4 is 15.2 Å². The van der Waals surface area contributed by atoms with E-state index in [1.165, 1.54) is 17.0 Å². The molecule has 0 radical (unpaired) electrons. The summed E-state index contributed by atoms with van der Waals surface area (Å²) in [6, 6.07) is 2.13. The van der Waals surface area contributed by atoms with E-state index in [2.05, 4.69) is 4.98 Å². The molecular formula is C18H16F6N2O2. The Hall–Kier alpha value is -2.39. The molecule has 1 aromatic heterocycles. The number of hydrogen-bond donors (Lipinski definition) is 1. The van der Waals surface area contributed by atoms with Crippen molar-refractivity contribution in [2.75, 3.05) is 18.1 Å². The highest BCUT2D eigenvalue weighted by Gasteiger charge is 2.42. The molecular weight excluding hydrogens is 390 g/mol. The highest BCUT2D eigenvalue weighted by molar-refractivity contribution is 5.94. The summed E-state index contributed by atoms with van der Waals surface area (Å²) < 4.78 is 84.9. The topological polar surface area (TPSA) is 45.3 Å². The van der Waals surface area contributed by atoms with Crippen molar-refractivity contribution in [2.45, 2.75) is 37.7 Å². The summed E-state index contributed by atoms with van der Waals surface area (Å²) in [5.74, 6) is 0.0789. The van der Waals surface area contributed by atoms with Crippen LogP contribution >= 0.6 is 0 Å². The summed E-state index contributed by atoms with van der Waals surface area (Å²) in [6.45, 7) is -0.0535. The molecule has 28 heavy (non-hydrogen) atoms. The number of anilines is 1. The summed E-state index contributed by atoms with van der Waals surface area (Å²) in [5, 5.41) is -0.337. The molecule has 1 saturated carbocycles. The molecule has 0 bridgehead atoms. The van der Waals surface area contributed by atoms with Gasteiger partial charge in [-0.2, -0.15) is 26.3 Å². The predicted molar refractivity (Wildman–Crippen MR) is 89.6 cm³/mol. The minimum absolute atomic E-state index is 0.0702. The SMILES string of the molecule is O=c1cc(C(F)(F)F)c2c3c(ccc2[nH]1)N(CC1CC1)C(CC(F)(F)F)CO3. The van der Waals surface area contributed by atoms with Crippen molar-refractivity contribution in [1.29, 1.82) is 0 Å². The Morgan fingerprint density at radius 3 is 2.46 bits per heavy atom. The lowest BCUT2D eigenvalue weighted by molar-refractivity contribution is -0.140. The van der Waals surface area contributed by atoms with E-state index in [-0.39, 0.29) is 34.9 Å². The largest absolute Gasteiger partial charge is 0.489 e. The first-order valence-corrected chi connectivity index (χ1v) is 8.76. The van der Waals surface area contributed by atoms with Gasteiger partial charge in [0.05, 0.1) is 34.6 Å². The number of benzene rings is 1. The van der Waals surface area contributed by atoms with Crippen LogP contribution in [0.3, 0.4) is 0 Å². The maximum absolute atomic E-state index is 13.5. The number of halogens is 6. The van der Waals surface area contributed by atoms with E-state index >= 15 is 0 Å². The fraction of sp³-hybridized carbons (Fsp3) is 0.500. The number of ether oxygens (including phenoxy) is 1. The third kappa shape index (κ3) is 3.64. The van der Waals surface area contributed by atoms with Gasteiger partial charge >= 0.3 is 12.4 Å². The molecule has 0 amide bonds. The second-order valence-electron chi connectivity index (χ2n) is 7.26. The number of hydrogen-bond acceptors (Lipinski definition) is 3. The summed E-state index contributed by atoms with van der Waals surface area (Å²) in [6.07, 6.45) is -8.60. The molecule has 1 atom stereocenters. The Bertz CT molecular complexity index is 961. The van der Waals surface area contributed by atoms with E-state index in [1.54, 1.807) is 0 Å². The van der Waals surface area contributed by atoms with Gasteiger partial charge in [0.2, 0.25) is 5.56 Å². The lowest BCUT2D eigenvalue weighted by Gasteiger charge is -2.39. The van der Waals surface area contributed by atoms with Crippen LogP contribution in [-0.4, -0.2) is 30.4 Å². The zero-order valence-electron chi connectivity index (χ0n) is 14.5. The lowest BCUT2D eigenvalue weighted by Crippen LogP contribution is -2.46. The van der Waals surface area contributed by atoms with Crippen LogP contribution in [0.4, 0.5) is 32.0 Å². The van der Waals surface area contributed by atoms with Crippen molar-refractivity contribution in [3.8, 4) is 5.75 Å². The molecule has 2 aromatic rings. The standard InChI is InChI=1S/C18H16F6N2O2/c19-17(20,21)6-10-8-28-16-13(26(10)7-9-1-2-9)4-3-12-15(16)11(18(22,23)24)5-14(27)25-12/h3-5,9-10H,1-2,6-8H2,(H,25,27). The highest BCUT2D eigenvalue weighted by Crippen LogP contribution is 2.46. The normalized spacial score (nSPS) is 20.2. The molecule has 1 N–H and O–H groups in total. The van der Waals surface area contributed by atoms with E-state index in [0.717, 1.165) is 12.8 Å². The average molecular weight is 406 g/mol. The van der Waals surface area contributed by atoms with Crippen molar-refractivity contribution in [1.82, 2.24) is 4.98 Å². The number of H-pyrrole nitrogens is 1. The summed E-state index contributed by atoms with van der Waals surface area (Å²) in [7, 11) is 0. The summed E-state index contributed by atoms with van der Waals surface area (Å²) in [5.41, 5.74) is -1.96.